The van der Waals surface area contributed by atoms with Crippen LogP contribution < -0.4 is 0 Å². The van der Waals surface area contributed by atoms with Crippen LogP contribution in [0.4, 0.5) is 0 Å². The molecule has 0 amide bonds. The largest absolute Gasteiger partial charge is 0.481 e. The van der Waals surface area contributed by atoms with Crippen molar-refractivity contribution in [2.45, 2.75) is 39.7 Å². The number of benzene rings is 1. The van der Waals surface area contributed by atoms with E-state index in [2.05, 4.69) is 69.3 Å². The lowest BCUT2D eigenvalue weighted by Crippen LogP contribution is -2.14. The zero-order valence-corrected chi connectivity index (χ0v) is 23.1. The molecule has 0 bridgehead atoms. The molecule has 0 saturated carbocycles. The summed E-state index contributed by atoms with van der Waals surface area (Å²) in [5.74, 6) is -0.856. The van der Waals surface area contributed by atoms with Gasteiger partial charge in [-0.05, 0) is 29.0 Å². The molecular formula is C27H44O7Si. The summed E-state index contributed by atoms with van der Waals surface area (Å²) >= 11 is 0. The highest BCUT2D eigenvalue weighted by atomic mass is 28.2. The first-order valence-corrected chi connectivity index (χ1v) is 14.1. The number of carbonyl (C=O) groups is 1. The molecule has 0 unspecified atom stereocenters. The van der Waals surface area contributed by atoms with E-state index >= 15 is 0 Å². The van der Waals surface area contributed by atoms with Gasteiger partial charge < -0.3 is 28.5 Å². The van der Waals surface area contributed by atoms with Crippen LogP contribution >= 0.6 is 0 Å². The van der Waals surface area contributed by atoms with Gasteiger partial charge in [0.05, 0.1) is 65.9 Å². The first-order valence-electron chi connectivity index (χ1n) is 12.5. The lowest BCUT2D eigenvalue weighted by molar-refractivity contribution is -0.138. The number of allylic oxidation sites excluding steroid dienone is 4. The van der Waals surface area contributed by atoms with Crippen molar-refractivity contribution in [2.24, 2.45) is 5.41 Å². The smallest absolute Gasteiger partial charge is 0.305 e. The SMILES string of the molecule is CC1(C)CC=CC=C1c1ccccc1.CC[SiH2]OCCOCCOCCOCCOCCC(=O)O. The molecule has 0 aliphatic heterocycles. The first-order chi connectivity index (χ1) is 17.0. The molecule has 0 fully saturated rings. The Morgan fingerprint density at radius 3 is 1.94 bits per heavy atom. The Bertz CT molecular complexity index is 719. The predicted octanol–water partition coefficient (Wildman–Crippen LogP) is 4.12. The number of hydrogen-bond donors (Lipinski definition) is 1. The Morgan fingerprint density at radius 1 is 0.886 bits per heavy atom. The zero-order valence-electron chi connectivity index (χ0n) is 21.7. The Morgan fingerprint density at radius 2 is 1.43 bits per heavy atom. The van der Waals surface area contributed by atoms with E-state index in [4.69, 9.17) is 28.5 Å². The highest BCUT2D eigenvalue weighted by Crippen LogP contribution is 2.39. The van der Waals surface area contributed by atoms with Crippen LogP contribution in [0.25, 0.3) is 5.57 Å². The van der Waals surface area contributed by atoms with Gasteiger partial charge in [0.25, 0.3) is 0 Å². The third-order valence-corrected chi connectivity index (χ3v) is 6.12. The summed E-state index contributed by atoms with van der Waals surface area (Å²) in [5.41, 5.74) is 3.07. The van der Waals surface area contributed by atoms with E-state index in [0.717, 1.165) is 12.5 Å². The first kappa shape index (κ1) is 31.2. The Balaban J connectivity index is 0.000000375. The summed E-state index contributed by atoms with van der Waals surface area (Å²) in [7, 11) is -0.311. The molecule has 35 heavy (non-hydrogen) atoms. The van der Waals surface area contributed by atoms with Crippen LogP contribution in [-0.4, -0.2) is 80.3 Å². The summed E-state index contributed by atoms with van der Waals surface area (Å²) in [4.78, 5) is 10.2. The molecule has 1 N–H and O–H groups in total. The molecule has 0 radical (unpaired) electrons. The third-order valence-electron chi connectivity index (χ3n) is 5.14. The molecule has 0 spiro atoms. The van der Waals surface area contributed by atoms with Crippen LogP contribution in [0.1, 0.15) is 39.2 Å². The van der Waals surface area contributed by atoms with Gasteiger partial charge >= 0.3 is 5.97 Å². The minimum Gasteiger partial charge on any atom is -0.481 e. The number of carboxylic acid groups (broad SMARTS) is 1. The van der Waals surface area contributed by atoms with E-state index in [9.17, 15) is 4.79 Å². The molecular weight excluding hydrogens is 464 g/mol. The summed E-state index contributed by atoms with van der Waals surface area (Å²) < 4.78 is 26.4. The lowest BCUT2D eigenvalue weighted by atomic mass is 9.75. The average molecular weight is 509 g/mol. The normalized spacial score (nSPS) is 14.5. The van der Waals surface area contributed by atoms with Crippen LogP contribution in [0.5, 0.6) is 0 Å². The minimum absolute atomic E-state index is 0.0226. The molecule has 0 atom stereocenters. The highest BCUT2D eigenvalue weighted by molar-refractivity contribution is 6.26. The van der Waals surface area contributed by atoms with Gasteiger partial charge in [-0.15, -0.1) is 0 Å². The van der Waals surface area contributed by atoms with Gasteiger partial charge in [0.15, 0.2) is 9.76 Å². The fourth-order valence-electron chi connectivity index (χ4n) is 3.25. The fourth-order valence-corrected chi connectivity index (χ4v) is 3.86. The maximum Gasteiger partial charge on any atom is 0.305 e. The second-order valence-corrected chi connectivity index (χ2v) is 10.5. The van der Waals surface area contributed by atoms with Crippen LogP contribution in [0, 0.1) is 5.41 Å². The molecule has 7 nitrogen and oxygen atoms in total. The molecule has 1 aromatic rings. The van der Waals surface area contributed by atoms with Gasteiger partial charge in [0, 0.05) is 0 Å². The summed E-state index contributed by atoms with van der Waals surface area (Å²) in [6.07, 6.45) is 7.79. The van der Waals surface area contributed by atoms with Crippen molar-refractivity contribution in [1.82, 2.24) is 0 Å². The van der Waals surface area contributed by atoms with Crippen LogP contribution in [0.3, 0.4) is 0 Å². The molecule has 1 aromatic carbocycles. The van der Waals surface area contributed by atoms with Gasteiger partial charge in [0.2, 0.25) is 0 Å². The van der Waals surface area contributed by atoms with Gasteiger partial charge in [-0.3, -0.25) is 4.79 Å². The van der Waals surface area contributed by atoms with E-state index in [0.29, 0.717) is 52.9 Å². The monoisotopic (exact) mass is 508 g/mol. The van der Waals surface area contributed by atoms with Gasteiger partial charge in [-0.1, -0.05) is 69.3 Å². The molecule has 0 heterocycles. The number of carboxylic acids is 1. The predicted molar refractivity (Wildman–Crippen MR) is 142 cm³/mol. The quantitative estimate of drug-likeness (QED) is 0.236. The van der Waals surface area contributed by atoms with Gasteiger partial charge in [-0.2, -0.15) is 0 Å². The summed E-state index contributed by atoms with van der Waals surface area (Å²) in [6.45, 7) is 11.2. The van der Waals surface area contributed by atoms with E-state index in [1.165, 1.54) is 11.1 Å². The van der Waals surface area contributed by atoms with E-state index in [1.807, 2.05) is 0 Å². The molecule has 2 rings (SSSR count). The average Bonchev–Trinajstić information content (AvgIpc) is 2.84. The van der Waals surface area contributed by atoms with E-state index in [1.54, 1.807) is 0 Å². The Hall–Kier alpha value is -1.81. The molecule has 198 valence electrons. The second kappa shape index (κ2) is 20.4. The standard InChI is InChI=1S/C14H16.C13H28O7Si/c1-14(2)11-7-6-10-13(14)12-8-4-3-5-9-12;1-2-21-20-12-11-19-10-9-18-8-7-17-6-5-16-4-3-13(14)15/h3-10H,11H2,1-2H3;2-12,21H2,1H3,(H,14,15). The van der Waals surface area contributed by atoms with Crippen LogP contribution in [0.2, 0.25) is 6.04 Å². The highest BCUT2D eigenvalue weighted by Gasteiger charge is 2.24. The van der Waals surface area contributed by atoms with Crippen molar-refractivity contribution in [2.75, 3.05) is 59.5 Å². The summed E-state index contributed by atoms with van der Waals surface area (Å²) in [6, 6.07) is 11.8. The van der Waals surface area contributed by atoms with Gasteiger partial charge in [0.1, 0.15) is 0 Å². The number of hydrogen-bond acceptors (Lipinski definition) is 6. The van der Waals surface area contributed by atoms with Crippen molar-refractivity contribution >= 4 is 21.3 Å². The Labute approximate surface area is 213 Å². The summed E-state index contributed by atoms with van der Waals surface area (Å²) in [5, 5.41) is 8.39. The van der Waals surface area contributed by atoms with Crippen molar-refractivity contribution in [3.63, 3.8) is 0 Å². The Kier molecular flexibility index (Phi) is 18.2. The van der Waals surface area contributed by atoms with Crippen molar-refractivity contribution in [3.05, 3.63) is 54.1 Å². The fraction of sp³-hybridized carbons (Fsp3) is 0.593. The molecule has 8 heteroatoms. The number of aliphatic carboxylic acids is 1. The van der Waals surface area contributed by atoms with Crippen molar-refractivity contribution in [3.8, 4) is 0 Å². The minimum atomic E-state index is -0.856. The maximum absolute atomic E-state index is 10.2. The van der Waals surface area contributed by atoms with Gasteiger partial charge in [-0.25, -0.2) is 0 Å². The molecule has 1 aliphatic rings. The molecule has 0 saturated heterocycles. The van der Waals surface area contributed by atoms with Crippen LogP contribution in [-0.2, 0) is 28.2 Å². The molecule has 1 aliphatic carbocycles. The zero-order chi connectivity index (χ0) is 25.6. The third kappa shape index (κ3) is 16.5. The van der Waals surface area contributed by atoms with Crippen molar-refractivity contribution in [1.29, 1.82) is 0 Å². The van der Waals surface area contributed by atoms with Crippen LogP contribution in [0.15, 0.2) is 48.6 Å². The number of ether oxygens (including phenoxy) is 4. The lowest BCUT2D eigenvalue weighted by Gasteiger charge is -2.29. The van der Waals surface area contributed by atoms with E-state index in [-0.39, 0.29) is 28.2 Å². The van der Waals surface area contributed by atoms with E-state index < -0.39 is 5.97 Å². The maximum atomic E-state index is 10.2. The topological polar surface area (TPSA) is 83.5 Å². The second-order valence-electron chi connectivity index (χ2n) is 8.67. The van der Waals surface area contributed by atoms with Crippen molar-refractivity contribution < 1.29 is 33.3 Å². The molecule has 0 aromatic heterocycles. The number of rotatable bonds is 18.